The molecule has 2 aliphatic rings. The van der Waals surface area contributed by atoms with Crippen molar-refractivity contribution in [2.75, 3.05) is 42.6 Å². The van der Waals surface area contributed by atoms with E-state index in [1.54, 1.807) is 6.20 Å². The number of nitrogens with zero attached hydrogens (tertiary/aromatic N) is 4. The highest BCUT2D eigenvalue weighted by atomic mass is 32.2. The average Bonchev–Trinajstić information content (AvgIpc) is 2.56. The zero-order chi connectivity index (χ0) is 13.8. The van der Waals surface area contributed by atoms with Gasteiger partial charge in [0.25, 0.3) is 0 Å². The van der Waals surface area contributed by atoms with Crippen molar-refractivity contribution >= 4 is 17.6 Å². The fraction of sp³-hybridized carbons (Fsp3) is 0.600. The molecule has 2 saturated heterocycles. The first-order chi connectivity index (χ1) is 9.86. The van der Waals surface area contributed by atoms with Crippen LogP contribution in [0.1, 0.15) is 18.4 Å². The summed E-state index contributed by atoms with van der Waals surface area (Å²) in [6.07, 6.45) is 4.13. The van der Waals surface area contributed by atoms with Crippen molar-refractivity contribution in [1.82, 2.24) is 9.88 Å². The van der Waals surface area contributed by atoms with E-state index in [-0.39, 0.29) is 0 Å². The third-order valence-corrected chi connectivity index (χ3v) is 5.17. The number of rotatable bonds is 2. The van der Waals surface area contributed by atoms with E-state index in [0.717, 1.165) is 24.9 Å². The molecule has 1 aromatic heterocycles. The molecule has 3 rings (SSSR count). The van der Waals surface area contributed by atoms with Crippen LogP contribution >= 0.6 is 11.8 Å². The van der Waals surface area contributed by atoms with Gasteiger partial charge in [-0.3, -0.25) is 4.90 Å². The van der Waals surface area contributed by atoms with Crippen LogP contribution < -0.4 is 4.90 Å². The maximum atomic E-state index is 8.81. The largest absolute Gasteiger partial charge is 0.357 e. The number of hydrogen-bond acceptors (Lipinski definition) is 5. The minimum Gasteiger partial charge on any atom is -0.357 e. The summed E-state index contributed by atoms with van der Waals surface area (Å²) in [5, 5.41) is 8.81. The number of piperidine rings is 1. The summed E-state index contributed by atoms with van der Waals surface area (Å²) in [5.41, 5.74) is 0.634. The third-order valence-electron chi connectivity index (χ3n) is 4.23. The fourth-order valence-electron chi connectivity index (χ4n) is 3.04. The van der Waals surface area contributed by atoms with Crippen LogP contribution in [0.25, 0.3) is 0 Å². The molecule has 5 heteroatoms. The number of nitriles is 1. The Morgan fingerprint density at radius 1 is 1.15 bits per heavy atom. The second-order valence-corrected chi connectivity index (χ2v) is 6.61. The highest BCUT2D eigenvalue weighted by Gasteiger charge is 2.26. The van der Waals surface area contributed by atoms with Gasteiger partial charge in [-0.2, -0.15) is 17.0 Å². The molecule has 2 aliphatic heterocycles. The van der Waals surface area contributed by atoms with Gasteiger partial charge in [0.1, 0.15) is 11.9 Å². The average molecular weight is 288 g/mol. The van der Waals surface area contributed by atoms with Crippen molar-refractivity contribution in [2.45, 2.75) is 18.9 Å². The Balaban J connectivity index is 1.56. The molecule has 0 spiro atoms. The van der Waals surface area contributed by atoms with Crippen LogP contribution in [0.2, 0.25) is 0 Å². The van der Waals surface area contributed by atoms with Gasteiger partial charge in [-0.15, -0.1) is 0 Å². The molecule has 4 nitrogen and oxygen atoms in total. The Labute approximate surface area is 124 Å². The lowest BCUT2D eigenvalue weighted by Crippen LogP contribution is -2.47. The Morgan fingerprint density at radius 2 is 1.90 bits per heavy atom. The number of anilines is 1. The van der Waals surface area contributed by atoms with Crippen molar-refractivity contribution in [2.24, 2.45) is 0 Å². The minimum absolute atomic E-state index is 0.634. The molecule has 0 saturated carbocycles. The van der Waals surface area contributed by atoms with E-state index in [2.05, 4.69) is 32.6 Å². The summed E-state index contributed by atoms with van der Waals surface area (Å²) in [6.45, 7) is 4.66. The monoisotopic (exact) mass is 288 g/mol. The van der Waals surface area contributed by atoms with Crippen LogP contribution in [0, 0.1) is 11.3 Å². The number of hydrogen-bond donors (Lipinski definition) is 0. The molecule has 2 fully saturated rings. The Hall–Kier alpha value is -1.25. The van der Waals surface area contributed by atoms with Gasteiger partial charge < -0.3 is 4.90 Å². The van der Waals surface area contributed by atoms with E-state index < -0.39 is 0 Å². The van der Waals surface area contributed by atoms with Crippen molar-refractivity contribution in [1.29, 1.82) is 5.26 Å². The number of aromatic nitrogens is 1. The van der Waals surface area contributed by atoms with E-state index in [0.29, 0.717) is 5.56 Å². The van der Waals surface area contributed by atoms with E-state index in [4.69, 9.17) is 5.26 Å². The lowest BCUT2D eigenvalue weighted by atomic mass is 10.0. The number of thioether (sulfide) groups is 1. The number of pyridine rings is 1. The molecule has 106 valence electrons. The molecule has 0 unspecified atom stereocenters. The second-order valence-electron chi connectivity index (χ2n) is 5.38. The maximum absolute atomic E-state index is 8.81. The molecular formula is C15H20N4S. The Kier molecular flexibility index (Phi) is 4.44. The molecule has 3 heterocycles. The topological polar surface area (TPSA) is 43.2 Å². The van der Waals surface area contributed by atoms with E-state index in [1.807, 2.05) is 12.1 Å². The predicted molar refractivity (Wildman–Crippen MR) is 83.1 cm³/mol. The zero-order valence-corrected chi connectivity index (χ0v) is 12.5. The second kappa shape index (κ2) is 6.47. The van der Waals surface area contributed by atoms with Crippen molar-refractivity contribution in [3.63, 3.8) is 0 Å². The normalized spacial score (nSPS) is 21.6. The van der Waals surface area contributed by atoms with Gasteiger partial charge in [-0.1, -0.05) is 0 Å². The standard InChI is InChI=1S/C15H20N4S/c16-11-13-1-2-15(17-12-13)19-5-3-14(4-6-19)18-7-9-20-10-8-18/h1-2,12,14H,3-10H2. The lowest BCUT2D eigenvalue weighted by Gasteiger charge is -2.40. The first kappa shape index (κ1) is 13.7. The van der Waals surface area contributed by atoms with E-state index in [1.165, 1.54) is 37.4 Å². The predicted octanol–water partition coefficient (Wildman–Crippen LogP) is 1.97. The minimum atomic E-state index is 0.634. The molecule has 0 aromatic carbocycles. The first-order valence-electron chi connectivity index (χ1n) is 7.30. The smallest absolute Gasteiger partial charge is 0.128 e. The summed E-state index contributed by atoms with van der Waals surface area (Å²) in [5.74, 6) is 3.59. The molecule has 0 aliphatic carbocycles. The van der Waals surface area contributed by atoms with Crippen LogP contribution in [0.15, 0.2) is 18.3 Å². The van der Waals surface area contributed by atoms with Crippen molar-refractivity contribution < 1.29 is 0 Å². The van der Waals surface area contributed by atoms with E-state index in [9.17, 15) is 0 Å². The molecule has 20 heavy (non-hydrogen) atoms. The molecule has 0 amide bonds. The molecule has 1 aromatic rings. The van der Waals surface area contributed by atoms with Gasteiger partial charge in [0, 0.05) is 49.9 Å². The molecule has 0 N–H and O–H groups in total. The molecule has 0 atom stereocenters. The summed E-state index contributed by atoms with van der Waals surface area (Å²) >= 11 is 2.08. The van der Waals surface area contributed by atoms with Crippen molar-refractivity contribution in [3.8, 4) is 6.07 Å². The van der Waals surface area contributed by atoms with Crippen LogP contribution in [0.5, 0.6) is 0 Å². The first-order valence-corrected chi connectivity index (χ1v) is 8.45. The highest BCUT2D eigenvalue weighted by molar-refractivity contribution is 7.99. The van der Waals surface area contributed by atoms with Gasteiger partial charge in [0.2, 0.25) is 0 Å². The summed E-state index contributed by atoms with van der Waals surface area (Å²) in [4.78, 5) is 9.41. The Morgan fingerprint density at radius 3 is 2.50 bits per heavy atom. The third kappa shape index (κ3) is 3.08. The van der Waals surface area contributed by atoms with Crippen LogP contribution in [0.4, 0.5) is 5.82 Å². The van der Waals surface area contributed by atoms with Gasteiger partial charge in [0.05, 0.1) is 5.56 Å². The zero-order valence-electron chi connectivity index (χ0n) is 11.7. The van der Waals surface area contributed by atoms with Crippen molar-refractivity contribution in [3.05, 3.63) is 23.9 Å². The van der Waals surface area contributed by atoms with Crippen LogP contribution in [-0.2, 0) is 0 Å². The summed E-state index contributed by atoms with van der Waals surface area (Å²) < 4.78 is 0. The quantitative estimate of drug-likeness (QED) is 0.832. The summed E-state index contributed by atoms with van der Waals surface area (Å²) in [6, 6.07) is 6.70. The Bertz CT molecular complexity index is 468. The fourth-order valence-corrected chi connectivity index (χ4v) is 3.97. The van der Waals surface area contributed by atoms with Crippen LogP contribution in [-0.4, -0.2) is 53.6 Å². The highest BCUT2D eigenvalue weighted by Crippen LogP contribution is 2.23. The lowest BCUT2D eigenvalue weighted by molar-refractivity contribution is 0.185. The van der Waals surface area contributed by atoms with Gasteiger partial charge in [-0.05, 0) is 25.0 Å². The van der Waals surface area contributed by atoms with Gasteiger partial charge in [-0.25, -0.2) is 4.98 Å². The van der Waals surface area contributed by atoms with Gasteiger partial charge >= 0.3 is 0 Å². The van der Waals surface area contributed by atoms with E-state index >= 15 is 0 Å². The maximum Gasteiger partial charge on any atom is 0.128 e. The molecule has 0 radical (unpaired) electrons. The SMILES string of the molecule is N#Cc1ccc(N2CCC(N3CCSCC3)CC2)nc1. The van der Waals surface area contributed by atoms with Crippen LogP contribution in [0.3, 0.4) is 0 Å². The molecular weight excluding hydrogens is 268 g/mol. The molecule has 0 bridgehead atoms. The van der Waals surface area contributed by atoms with Gasteiger partial charge in [0.15, 0.2) is 0 Å². The summed E-state index contributed by atoms with van der Waals surface area (Å²) in [7, 11) is 0.